The maximum absolute atomic E-state index is 13.1. The third-order valence-electron chi connectivity index (χ3n) is 6.05. The van der Waals surface area contributed by atoms with Gasteiger partial charge in [0.15, 0.2) is 0 Å². The van der Waals surface area contributed by atoms with E-state index < -0.39 is 10.8 Å². The number of hydrogen-bond donors (Lipinski definition) is 2. The molecule has 0 aromatic heterocycles. The average molecular weight is 453 g/mol. The first-order chi connectivity index (χ1) is 16.0. The van der Waals surface area contributed by atoms with Crippen LogP contribution in [-0.4, -0.2) is 49.1 Å². The monoisotopic (exact) mass is 452 g/mol. The highest BCUT2D eigenvalue weighted by atomic mass is 16.6. The van der Waals surface area contributed by atoms with Gasteiger partial charge in [0.1, 0.15) is 0 Å². The van der Waals surface area contributed by atoms with E-state index >= 15 is 0 Å². The van der Waals surface area contributed by atoms with E-state index in [9.17, 15) is 19.7 Å². The van der Waals surface area contributed by atoms with Crippen LogP contribution in [0, 0.1) is 10.1 Å². The number of rotatable bonds is 7. The van der Waals surface area contributed by atoms with Crippen molar-refractivity contribution in [1.29, 1.82) is 0 Å². The summed E-state index contributed by atoms with van der Waals surface area (Å²) in [7, 11) is 0. The van der Waals surface area contributed by atoms with Crippen molar-refractivity contribution in [2.75, 3.05) is 36.5 Å². The fraction of sp³-hybridized carbons (Fsp3) is 0.417. The molecule has 2 amide bonds. The first-order valence-electron chi connectivity index (χ1n) is 11.4. The van der Waals surface area contributed by atoms with Crippen molar-refractivity contribution in [1.82, 2.24) is 5.32 Å². The van der Waals surface area contributed by atoms with E-state index in [0.29, 0.717) is 23.4 Å². The number of amides is 2. The molecule has 9 heteroatoms. The molecule has 4 rings (SSSR count). The van der Waals surface area contributed by atoms with E-state index in [-0.39, 0.29) is 17.7 Å². The molecule has 9 nitrogen and oxygen atoms in total. The quantitative estimate of drug-likeness (QED) is 0.489. The van der Waals surface area contributed by atoms with Gasteiger partial charge in [-0.1, -0.05) is 0 Å². The molecule has 33 heavy (non-hydrogen) atoms. The summed E-state index contributed by atoms with van der Waals surface area (Å²) in [6.45, 7) is 2.96. The van der Waals surface area contributed by atoms with Crippen molar-refractivity contribution in [3.05, 3.63) is 63.7 Å². The number of piperidine rings is 1. The normalized spacial score (nSPS) is 18.1. The highest BCUT2D eigenvalue weighted by molar-refractivity contribution is 6.06. The van der Waals surface area contributed by atoms with Gasteiger partial charge in [-0.3, -0.25) is 19.7 Å². The second kappa shape index (κ2) is 10.4. The van der Waals surface area contributed by atoms with E-state index in [1.165, 1.54) is 30.7 Å². The average Bonchev–Trinajstić information content (AvgIpc) is 3.37. The largest absolute Gasteiger partial charge is 0.376 e. The van der Waals surface area contributed by atoms with Gasteiger partial charge in [-0.05, 0) is 62.4 Å². The molecule has 2 aliphatic heterocycles. The summed E-state index contributed by atoms with van der Waals surface area (Å²) in [5.41, 5.74) is 2.07. The molecule has 2 aromatic carbocycles. The van der Waals surface area contributed by atoms with Crippen molar-refractivity contribution >= 4 is 28.9 Å². The fourth-order valence-corrected chi connectivity index (χ4v) is 4.25. The van der Waals surface area contributed by atoms with Crippen LogP contribution in [0.4, 0.5) is 17.1 Å². The first kappa shape index (κ1) is 22.7. The lowest BCUT2D eigenvalue weighted by atomic mass is 10.1. The summed E-state index contributed by atoms with van der Waals surface area (Å²) >= 11 is 0. The van der Waals surface area contributed by atoms with Gasteiger partial charge in [0, 0.05) is 55.3 Å². The van der Waals surface area contributed by atoms with Gasteiger partial charge in [-0.15, -0.1) is 0 Å². The number of benzene rings is 2. The lowest BCUT2D eigenvalue weighted by Crippen LogP contribution is -2.35. The number of anilines is 2. The van der Waals surface area contributed by atoms with Crippen LogP contribution in [0.1, 0.15) is 52.8 Å². The van der Waals surface area contributed by atoms with E-state index in [0.717, 1.165) is 51.1 Å². The van der Waals surface area contributed by atoms with Gasteiger partial charge < -0.3 is 20.3 Å². The van der Waals surface area contributed by atoms with Crippen LogP contribution in [0.5, 0.6) is 0 Å². The van der Waals surface area contributed by atoms with Crippen LogP contribution in [0.2, 0.25) is 0 Å². The minimum absolute atomic E-state index is 0.0393. The molecule has 1 unspecified atom stereocenters. The molecule has 2 fully saturated rings. The topological polar surface area (TPSA) is 114 Å². The molecule has 2 aromatic rings. The number of carbonyl (C=O) groups is 2. The van der Waals surface area contributed by atoms with Crippen LogP contribution in [0.25, 0.3) is 0 Å². The Morgan fingerprint density at radius 2 is 1.79 bits per heavy atom. The van der Waals surface area contributed by atoms with Gasteiger partial charge in [0.05, 0.1) is 16.6 Å². The Morgan fingerprint density at radius 1 is 1.03 bits per heavy atom. The zero-order chi connectivity index (χ0) is 23.2. The van der Waals surface area contributed by atoms with Gasteiger partial charge >= 0.3 is 0 Å². The minimum atomic E-state index is -0.511. The minimum Gasteiger partial charge on any atom is -0.376 e. The van der Waals surface area contributed by atoms with Crippen molar-refractivity contribution < 1.29 is 19.2 Å². The van der Waals surface area contributed by atoms with Crippen LogP contribution in [0.3, 0.4) is 0 Å². The predicted molar refractivity (Wildman–Crippen MR) is 125 cm³/mol. The van der Waals surface area contributed by atoms with E-state index in [1.807, 2.05) is 6.07 Å². The molecule has 0 radical (unpaired) electrons. The van der Waals surface area contributed by atoms with Gasteiger partial charge in [-0.25, -0.2) is 0 Å². The van der Waals surface area contributed by atoms with E-state index in [1.54, 1.807) is 12.1 Å². The summed E-state index contributed by atoms with van der Waals surface area (Å²) in [6, 6.07) is 10.7. The molecule has 2 heterocycles. The molecule has 0 spiro atoms. The molecular formula is C24H28N4O5. The summed E-state index contributed by atoms with van der Waals surface area (Å²) in [5, 5.41) is 16.6. The van der Waals surface area contributed by atoms with Crippen molar-refractivity contribution in [3.8, 4) is 0 Å². The van der Waals surface area contributed by atoms with Crippen molar-refractivity contribution in [2.24, 2.45) is 0 Å². The third kappa shape index (κ3) is 5.67. The molecule has 174 valence electrons. The maximum atomic E-state index is 13.1. The molecule has 0 saturated carbocycles. The number of nitro groups is 1. The second-order valence-corrected chi connectivity index (χ2v) is 8.38. The third-order valence-corrected chi connectivity index (χ3v) is 6.05. The van der Waals surface area contributed by atoms with Crippen LogP contribution in [0.15, 0.2) is 42.5 Å². The zero-order valence-corrected chi connectivity index (χ0v) is 18.4. The zero-order valence-electron chi connectivity index (χ0n) is 18.4. The van der Waals surface area contributed by atoms with E-state index in [4.69, 9.17) is 4.74 Å². The Morgan fingerprint density at radius 3 is 2.45 bits per heavy atom. The molecular weight excluding hydrogens is 424 g/mol. The lowest BCUT2D eigenvalue weighted by molar-refractivity contribution is -0.384. The number of nitrogens with one attached hydrogen (secondary N) is 2. The van der Waals surface area contributed by atoms with Gasteiger partial charge in [0.25, 0.3) is 17.5 Å². The number of hydrogen-bond acceptors (Lipinski definition) is 6. The molecule has 2 aliphatic rings. The van der Waals surface area contributed by atoms with Crippen LogP contribution < -0.4 is 15.5 Å². The standard InChI is InChI=1S/C24H28N4O5/c29-23(17-6-9-19(10-7-17)28(31)32)26-18-8-11-22(27-12-2-1-3-13-27)21(15-18)24(30)25-16-20-5-4-14-33-20/h6-11,15,20H,1-5,12-14,16H2,(H,25,30)(H,26,29). The number of ether oxygens (including phenoxy) is 1. The van der Waals surface area contributed by atoms with Crippen molar-refractivity contribution in [3.63, 3.8) is 0 Å². The van der Waals surface area contributed by atoms with Crippen molar-refractivity contribution in [2.45, 2.75) is 38.2 Å². The highest BCUT2D eigenvalue weighted by Crippen LogP contribution is 2.28. The number of nitro benzene ring substituents is 1. The summed E-state index contributed by atoms with van der Waals surface area (Å²) in [5.74, 6) is -0.598. The Balaban J connectivity index is 1.52. The maximum Gasteiger partial charge on any atom is 0.269 e. The molecule has 2 saturated heterocycles. The smallest absolute Gasteiger partial charge is 0.269 e. The van der Waals surface area contributed by atoms with Crippen LogP contribution >= 0.6 is 0 Å². The fourth-order valence-electron chi connectivity index (χ4n) is 4.25. The molecule has 2 N–H and O–H groups in total. The summed E-state index contributed by atoms with van der Waals surface area (Å²) in [6.07, 6.45) is 5.32. The molecule has 1 atom stereocenters. The van der Waals surface area contributed by atoms with Gasteiger partial charge in [-0.2, -0.15) is 0 Å². The molecule has 0 bridgehead atoms. The highest BCUT2D eigenvalue weighted by Gasteiger charge is 2.22. The Hall–Kier alpha value is -3.46. The lowest BCUT2D eigenvalue weighted by Gasteiger charge is -2.30. The number of carbonyl (C=O) groups excluding carboxylic acids is 2. The first-order valence-corrected chi connectivity index (χ1v) is 11.4. The Labute approximate surface area is 192 Å². The summed E-state index contributed by atoms with van der Waals surface area (Å²) < 4.78 is 5.61. The second-order valence-electron chi connectivity index (χ2n) is 8.38. The van der Waals surface area contributed by atoms with Gasteiger partial charge in [0.2, 0.25) is 0 Å². The SMILES string of the molecule is O=C(Nc1ccc(N2CCCCC2)c(C(=O)NCC2CCCO2)c1)c1ccc([N+](=O)[O-])cc1. The predicted octanol–water partition coefficient (Wildman–Crippen LogP) is 3.75. The Kier molecular flexibility index (Phi) is 7.19. The Bertz CT molecular complexity index is 1010. The molecule has 0 aliphatic carbocycles. The van der Waals surface area contributed by atoms with E-state index in [2.05, 4.69) is 15.5 Å². The number of nitrogens with zero attached hydrogens (tertiary/aromatic N) is 2. The summed E-state index contributed by atoms with van der Waals surface area (Å²) in [4.78, 5) is 38.3. The number of non-ortho nitro benzene ring substituents is 1. The van der Waals surface area contributed by atoms with Crippen LogP contribution in [-0.2, 0) is 4.74 Å².